The van der Waals surface area contributed by atoms with Crippen molar-refractivity contribution in [2.24, 2.45) is 0 Å². The summed E-state index contributed by atoms with van der Waals surface area (Å²) in [6.45, 7) is 5.44. The molecule has 1 atom stereocenters. The van der Waals surface area contributed by atoms with Crippen LogP contribution in [0.5, 0.6) is 0 Å². The lowest BCUT2D eigenvalue weighted by molar-refractivity contribution is -0.168. The van der Waals surface area contributed by atoms with Gasteiger partial charge in [0.2, 0.25) is 0 Å². The minimum atomic E-state index is -0.904. The number of hydrogen-bond donors (Lipinski definition) is 0. The molecule has 3 nitrogen and oxygen atoms in total. The maximum atomic E-state index is 12.4. The second kappa shape index (κ2) is 5.49. The topological polar surface area (TPSA) is 43.4 Å². The minimum Gasteiger partial charge on any atom is -0.458 e. The molecule has 0 amide bonds. The van der Waals surface area contributed by atoms with Crippen LogP contribution in [0, 0.1) is 0 Å². The predicted molar refractivity (Wildman–Crippen MR) is 81.1 cm³/mol. The Hall–Kier alpha value is -0.870. The van der Waals surface area contributed by atoms with Crippen molar-refractivity contribution in [3.63, 3.8) is 0 Å². The number of carbonyl (C=O) groups is 2. The summed E-state index contributed by atoms with van der Waals surface area (Å²) in [5.74, 6) is -1.55. The van der Waals surface area contributed by atoms with E-state index in [9.17, 15) is 9.59 Å². The smallest absolute Gasteiger partial charge is 0.321 e. The monoisotopic (exact) mass is 358 g/mol. The zero-order chi connectivity index (χ0) is 15.1. The average molecular weight is 360 g/mol. The number of benzene rings is 1. The van der Waals surface area contributed by atoms with E-state index >= 15 is 0 Å². The first-order chi connectivity index (χ1) is 9.25. The molecule has 5 heteroatoms. The van der Waals surface area contributed by atoms with Crippen molar-refractivity contribution in [3.8, 4) is 0 Å². The van der Waals surface area contributed by atoms with Crippen molar-refractivity contribution < 1.29 is 14.3 Å². The predicted octanol–water partition coefficient (Wildman–Crippen LogP) is 4.04. The van der Waals surface area contributed by atoms with Gasteiger partial charge in [-0.1, -0.05) is 34.5 Å². The third kappa shape index (κ3) is 2.91. The fourth-order valence-corrected chi connectivity index (χ4v) is 3.54. The van der Waals surface area contributed by atoms with Gasteiger partial charge in [-0.25, -0.2) is 0 Å². The van der Waals surface area contributed by atoms with Crippen molar-refractivity contribution >= 4 is 39.3 Å². The Kier molecular flexibility index (Phi) is 4.26. The molecule has 20 heavy (non-hydrogen) atoms. The van der Waals surface area contributed by atoms with Crippen LogP contribution in [0.15, 0.2) is 16.6 Å². The van der Waals surface area contributed by atoms with Crippen LogP contribution in [0.25, 0.3) is 0 Å². The molecule has 1 heterocycles. The van der Waals surface area contributed by atoms with Gasteiger partial charge in [-0.05, 0) is 43.5 Å². The lowest BCUT2D eigenvalue weighted by Gasteiger charge is -2.33. The second-order valence-corrected chi connectivity index (χ2v) is 6.89. The van der Waals surface area contributed by atoms with Crippen LogP contribution in [-0.2, 0) is 20.7 Å². The van der Waals surface area contributed by atoms with E-state index in [4.69, 9.17) is 16.3 Å². The standard InChI is InChI=1S/C15H16BrClO3/c1-4-8-5-9(16)6-10(17)12(8)13-11(18)7-15(2,3)20-14(13)19/h5-6,13H,4,7H2,1-3H3. The Morgan fingerprint density at radius 2 is 2.05 bits per heavy atom. The fourth-order valence-electron chi connectivity index (χ4n) is 2.55. The van der Waals surface area contributed by atoms with Crippen LogP contribution < -0.4 is 0 Å². The Morgan fingerprint density at radius 3 is 2.60 bits per heavy atom. The van der Waals surface area contributed by atoms with Gasteiger partial charge in [0.1, 0.15) is 11.5 Å². The lowest BCUT2D eigenvalue weighted by Crippen LogP contribution is -2.43. The first-order valence-electron chi connectivity index (χ1n) is 6.48. The highest BCUT2D eigenvalue weighted by Crippen LogP contribution is 2.38. The summed E-state index contributed by atoms with van der Waals surface area (Å²) in [5.41, 5.74) is 0.737. The van der Waals surface area contributed by atoms with E-state index in [1.807, 2.05) is 13.0 Å². The van der Waals surface area contributed by atoms with Gasteiger partial charge in [0.15, 0.2) is 5.78 Å². The third-order valence-electron chi connectivity index (χ3n) is 3.38. The molecule has 1 aliphatic rings. The Bertz CT molecular complexity index is 561. The number of esters is 1. The summed E-state index contributed by atoms with van der Waals surface area (Å²) < 4.78 is 6.20. The summed E-state index contributed by atoms with van der Waals surface area (Å²) in [6.07, 6.45) is 0.897. The van der Waals surface area contributed by atoms with Gasteiger partial charge in [0, 0.05) is 15.9 Å². The molecule has 108 valence electrons. The van der Waals surface area contributed by atoms with Crippen molar-refractivity contribution in [1.29, 1.82) is 0 Å². The molecule has 0 bridgehead atoms. The van der Waals surface area contributed by atoms with Crippen LogP contribution in [0.2, 0.25) is 5.02 Å². The summed E-state index contributed by atoms with van der Waals surface area (Å²) in [4.78, 5) is 24.6. The van der Waals surface area contributed by atoms with Gasteiger partial charge in [0.05, 0.1) is 0 Å². The molecule has 0 aliphatic carbocycles. The molecule has 0 radical (unpaired) electrons. The molecular weight excluding hydrogens is 344 g/mol. The number of carbonyl (C=O) groups excluding carboxylic acids is 2. The van der Waals surface area contributed by atoms with E-state index in [1.165, 1.54) is 0 Å². The number of Topliss-reactive ketones (excluding diaryl/α,β-unsaturated/α-hetero) is 1. The van der Waals surface area contributed by atoms with Crippen LogP contribution in [-0.4, -0.2) is 17.4 Å². The van der Waals surface area contributed by atoms with Gasteiger partial charge in [-0.15, -0.1) is 0 Å². The Morgan fingerprint density at radius 1 is 1.40 bits per heavy atom. The Balaban J connectivity index is 2.51. The largest absolute Gasteiger partial charge is 0.458 e. The fraction of sp³-hybridized carbons (Fsp3) is 0.467. The number of cyclic esters (lactones) is 1. The maximum Gasteiger partial charge on any atom is 0.321 e. The molecule has 1 unspecified atom stereocenters. The normalized spacial score (nSPS) is 21.8. The summed E-state index contributed by atoms with van der Waals surface area (Å²) >= 11 is 9.63. The molecule has 0 aromatic heterocycles. The quantitative estimate of drug-likeness (QED) is 0.591. The van der Waals surface area contributed by atoms with Gasteiger partial charge in [-0.2, -0.15) is 0 Å². The molecule has 0 N–H and O–H groups in total. The zero-order valence-corrected chi connectivity index (χ0v) is 14.0. The van der Waals surface area contributed by atoms with Crippen LogP contribution in [0.3, 0.4) is 0 Å². The van der Waals surface area contributed by atoms with Crippen LogP contribution in [0.1, 0.15) is 44.2 Å². The van der Waals surface area contributed by atoms with Crippen molar-refractivity contribution in [3.05, 3.63) is 32.8 Å². The van der Waals surface area contributed by atoms with Crippen LogP contribution >= 0.6 is 27.5 Å². The maximum absolute atomic E-state index is 12.4. The first-order valence-corrected chi connectivity index (χ1v) is 7.65. The van der Waals surface area contributed by atoms with Crippen molar-refractivity contribution in [2.75, 3.05) is 0 Å². The molecule has 1 saturated heterocycles. The van der Waals surface area contributed by atoms with E-state index in [0.717, 1.165) is 10.0 Å². The highest BCUT2D eigenvalue weighted by atomic mass is 79.9. The van der Waals surface area contributed by atoms with Gasteiger partial charge in [0.25, 0.3) is 0 Å². The van der Waals surface area contributed by atoms with E-state index in [-0.39, 0.29) is 12.2 Å². The third-order valence-corrected chi connectivity index (χ3v) is 4.15. The average Bonchev–Trinajstić information content (AvgIpc) is 2.28. The molecule has 0 saturated carbocycles. The zero-order valence-electron chi connectivity index (χ0n) is 11.6. The molecule has 1 aromatic carbocycles. The van der Waals surface area contributed by atoms with Crippen molar-refractivity contribution in [2.45, 2.75) is 45.1 Å². The molecular formula is C15H16BrClO3. The van der Waals surface area contributed by atoms with E-state index in [2.05, 4.69) is 15.9 Å². The highest BCUT2D eigenvalue weighted by Gasteiger charge is 2.43. The minimum absolute atomic E-state index is 0.134. The summed E-state index contributed by atoms with van der Waals surface area (Å²) in [7, 11) is 0. The molecule has 1 fully saturated rings. The van der Waals surface area contributed by atoms with Gasteiger partial charge in [-0.3, -0.25) is 9.59 Å². The summed E-state index contributed by atoms with van der Waals surface area (Å²) in [5, 5.41) is 0.422. The second-order valence-electron chi connectivity index (χ2n) is 5.57. The highest BCUT2D eigenvalue weighted by molar-refractivity contribution is 9.10. The lowest BCUT2D eigenvalue weighted by atomic mass is 9.83. The van der Waals surface area contributed by atoms with E-state index < -0.39 is 17.5 Å². The number of rotatable bonds is 2. The van der Waals surface area contributed by atoms with E-state index in [0.29, 0.717) is 17.0 Å². The number of ether oxygens (including phenoxy) is 1. The summed E-state index contributed by atoms with van der Waals surface area (Å²) in [6, 6.07) is 3.60. The molecule has 1 aliphatic heterocycles. The van der Waals surface area contributed by atoms with Crippen molar-refractivity contribution in [1.82, 2.24) is 0 Å². The molecule has 1 aromatic rings. The van der Waals surface area contributed by atoms with Crippen LogP contribution in [0.4, 0.5) is 0 Å². The number of halogens is 2. The molecule has 0 spiro atoms. The number of ketones is 1. The number of aryl methyl sites for hydroxylation is 1. The number of hydrogen-bond acceptors (Lipinski definition) is 3. The van der Waals surface area contributed by atoms with Gasteiger partial charge < -0.3 is 4.74 Å². The van der Waals surface area contributed by atoms with Gasteiger partial charge >= 0.3 is 5.97 Å². The SMILES string of the molecule is CCc1cc(Br)cc(Cl)c1C1C(=O)CC(C)(C)OC1=O. The molecule has 2 rings (SSSR count). The van der Waals surface area contributed by atoms with E-state index in [1.54, 1.807) is 19.9 Å². The Labute approximate surface area is 131 Å². The first kappa shape index (κ1) is 15.5.